The highest BCUT2D eigenvalue weighted by molar-refractivity contribution is 8.32. The van der Waals surface area contributed by atoms with Crippen molar-refractivity contribution in [3.8, 4) is 66.8 Å². The maximum Gasteiger partial charge on any atom is 0.0468 e. The van der Waals surface area contributed by atoms with Crippen LogP contribution in [0.2, 0.25) is 0 Å². The van der Waals surface area contributed by atoms with E-state index in [-0.39, 0.29) is 0 Å². The maximum absolute atomic E-state index is 2.47. The highest BCUT2D eigenvalue weighted by atomic mass is 32.3. The molecule has 0 N–H and O–H groups in total. The number of benzene rings is 15. The molecule has 92 heavy (non-hydrogen) atoms. The summed E-state index contributed by atoms with van der Waals surface area (Å²) < 4.78 is 0. The fourth-order valence-corrected chi connectivity index (χ4v) is 15.4. The summed E-state index contributed by atoms with van der Waals surface area (Å²) in [4.78, 5) is 7.65. The summed E-state index contributed by atoms with van der Waals surface area (Å²) in [6.07, 6.45) is 14.2. The second-order valence-electron chi connectivity index (χ2n) is 25.6. The van der Waals surface area contributed by atoms with Gasteiger partial charge in [0.2, 0.25) is 0 Å². The highest BCUT2D eigenvalue weighted by Crippen LogP contribution is 2.52. The lowest BCUT2D eigenvalue weighted by Crippen LogP contribution is -2.11. The van der Waals surface area contributed by atoms with Crippen LogP contribution in [0.4, 0.5) is 34.1 Å². The van der Waals surface area contributed by atoms with Crippen LogP contribution in [0.25, 0.3) is 110 Å². The molecule has 0 unspecified atom stereocenters. The first-order valence-corrected chi connectivity index (χ1v) is 37.3. The van der Waals surface area contributed by atoms with Gasteiger partial charge < -0.3 is 9.80 Å². The Labute approximate surface area is 545 Å². The molecule has 2 nitrogen and oxygen atoms in total. The zero-order valence-electron chi connectivity index (χ0n) is 52.9. The van der Waals surface area contributed by atoms with Crippen LogP contribution in [0.1, 0.15) is 0 Å². The minimum Gasteiger partial charge on any atom is -0.310 e. The van der Waals surface area contributed by atoms with Gasteiger partial charge in [-0.25, -0.2) is 20.1 Å². The molecule has 0 spiro atoms. The zero-order valence-corrected chi connectivity index (χ0v) is 54.5. The molecule has 0 heterocycles. The summed E-state index contributed by atoms with van der Waals surface area (Å²) in [5.74, 6) is 0. The van der Waals surface area contributed by atoms with E-state index in [1.165, 1.54) is 109 Å². The second kappa shape index (κ2) is 24.1. The third kappa shape index (κ3) is 11.2. The highest BCUT2D eigenvalue weighted by Gasteiger charge is 2.24. The molecule has 0 atom stereocenters. The van der Waals surface area contributed by atoms with Crippen LogP contribution >= 0.6 is 20.1 Å². The topological polar surface area (TPSA) is 6.48 Å². The van der Waals surface area contributed by atoms with Gasteiger partial charge in [0.05, 0.1) is 0 Å². The van der Waals surface area contributed by atoms with Gasteiger partial charge >= 0.3 is 0 Å². The standard InChI is InChI=1S/C88H72N2S2/c1-91(2,3)77-53-47-73(48-54-77)89(71-43-39-63(40-44-71)61-19-9-7-10-20-61)75-51-57-83-85(59-75)87(69-35-31-67(32-36-69)81-29-17-25-65-23-13-15-27-79(65)81)84-58-52-76(60-86(84)88(83)70-37-33-68(34-38-70)82-30-18-26-66-24-14-16-28-80(66)82)90(74-49-55-78(56-50-74)92(4,5)6)72-45-41-64(42-46-72)62-21-11-8-12-22-62/h7-60H,1-6H3. The van der Waals surface area contributed by atoms with E-state index in [1.54, 1.807) is 0 Å². The van der Waals surface area contributed by atoms with Gasteiger partial charge in [0.1, 0.15) is 0 Å². The third-order valence-electron chi connectivity index (χ3n) is 18.2. The third-order valence-corrected chi connectivity index (χ3v) is 21.6. The summed E-state index contributed by atoms with van der Waals surface area (Å²) in [7, 11) is -1.94. The van der Waals surface area contributed by atoms with E-state index in [2.05, 4.69) is 375 Å². The van der Waals surface area contributed by atoms with Crippen molar-refractivity contribution in [2.24, 2.45) is 0 Å². The SMILES string of the molecule is CS(C)(C)c1ccc(N(c2ccc(-c3ccccc3)cc2)c2ccc3c(-c4ccc(-c5cccc6ccccc56)cc4)c4cc(N(c5ccc(-c6ccccc6)cc5)c5ccc(S(C)(C)C)cc5)ccc4c(-c4ccc(-c5cccc6ccccc56)cc4)c3c2)cc1. The number of fused-ring (bicyclic) bond motifs is 4. The maximum atomic E-state index is 2.47. The van der Waals surface area contributed by atoms with Crippen molar-refractivity contribution < 1.29 is 0 Å². The molecule has 4 heteroatoms. The molecule has 15 aromatic carbocycles. The lowest BCUT2D eigenvalue weighted by Gasteiger charge is -2.30. The minimum absolute atomic E-state index is 0.969. The molecular weight excluding hydrogens is 1150 g/mol. The minimum atomic E-state index is -0.969. The Bertz CT molecular complexity index is 4820. The Morgan fingerprint density at radius 2 is 0.478 bits per heavy atom. The van der Waals surface area contributed by atoms with Crippen LogP contribution < -0.4 is 9.80 Å². The lowest BCUT2D eigenvalue weighted by atomic mass is 9.84. The van der Waals surface area contributed by atoms with Crippen molar-refractivity contribution >= 4 is 97.3 Å². The van der Waals surface area contributed by atoms with E-state index in [9.17, 15) is 0 Å². The normalized spacial score (nSPS) is 12.2. The van der Waals surface area contributed by atoms with Crippen LogP contribution in [0.15, 0.2) is 337 Å². The van der Waals surface area contributed by atoms with Crippen LogP contribution in [0, 0.1) is 0 Å². The van der Waals surface area contributed by atoms with E-state index in [4.69, 9.17) is 0 Å². The summed E-state index contributed by atoms with van der Waals surface area (Å²) >= 11 is 0. The van der Waals surface area contributed by atoms with Gasteiger partial charge in [0.15, 0.2) is 0 Å². The molecule has 0 saturated heterocycles. The zero-order chi connectivity index (χ0) is 62.5. The van der Waals surface area contributed by atoms with Crippen molar-refractivity contribution in [3.05, 3.63) is 328 Å². The number of rotatable bonds is 14. The van der Waals surface area contributed by atoms with Gasteiger partial charge in [-0.05, 0) is 254 Å². The van der Waals surface area contributed by atoms with Crippen molar-refractivity contribution in [1.29, 1.82) is 0 Å². The molecule has 0 aliphatic rings. The molecule has 446 valence electrons. The van der Waals surface area contributed by atoms with Crippen LogP contribution in [0.5, 0.6) is 0 Å². The first-order valence-electron chi connectivity index (χ1n) is 31.6. The van der Waals surface area contributed by atoms with Crippen molar-refractivity contribution in [3.63, 3.8) is 0 Å². The van der Waals surface area contributed by atoms with Crippen LogP contribution in [0.3, 0.4) is 0 Å². The predicted molar refractivity (Wildman–Crippen MR) is 406 cm³/mol. The van der Waals surface area contributed by atoms with E-state index < -0.39 is 20.1 Å². The van der Waals surface area contributed by atoms with E-state index in [1.807, 2.05) is 0 Å². The average Bonchev–Trinajstić information content (AvgIpc) is 0.743. The van der Waals surface area contributed by atoms with E-state index in [0.717, 1.165) is 45.3 Å². The molecule has 15 rings (SSSR count). The molecular formula is C88H72N2S2. The Morgan fingerprint density at radius 1 is 0.196 bits per heavy atom. The van der Waals surface area contributed by atoms with Gasteiger partial charge in [-0.15, -0.1) is 0 Å². The molecule has 0 aliphatic carbocycles. The second-order valence-corrected chi connectivity index (χ2v) is 33.9. The fourth-order valence-electron chi connectivity index (χ4n) is 13.5. The van der Waals surface area contributed by atoms with Crippen molar-refractivity contribution in [2.75, 3.05) is 47.3 Å². The average molecular weight is 1220 g/mol. The molecule has 0 saturated carbocycles. The Balaban J connectivity index is 0.996. The van der Waals surface area contributed by atoms with E-state index in [0.29, 0.717) is 0 Å². The largest absolute Gasteiger partial charge is 0.310 e. The number of nitrogens with zero attached hydrogens (tertiary/aromatic N) is 2. The number of hydrogen-bond acceptors (Lipinski definition) is 2. The number of hydrogen-bond donors (Lipinski definition) is 0. The molecule has 0 amide bonds. The molecule has 0 radical (unpaired) electrons. The van der Waals surface area contributed by atoms with Crippen LogP contribution in [-0.4, -0.2) is 37.5 Å². The summed E-state index contributed by atoms with van der Waals surface area (Å²) in [6, 6.07) is 122. The molecule has 0 aromatic heterocycles. The smallest absolute Gasteiger partial charge is 0.0468 e. The van der Waals surface area contributed by atoms with Gasteiger partial charge in [-0.3, -0.25) is 0 Å². The summed E-state index contributed by atoms with van der Waals surface area (Å²) in [5, 5.41) is 9.64. The van der Waals surface area contributed by atoms with Gasteiger partial charge in [0.25, 0.3) is 0 Å². The predicted octanol–water partition coefficient (Wildman–Crippen LogP) is 25.3. The van der Waals surface area contributed by atoms with Gasteiger partial charge in [-0.1, -0.05) is 231 Å². The first-order chi connectivity index (χ1) is 44.9. The molecule has 0 fully saturated rings. The van der Waals surface area contributed by atoms with Crippen molar-refractivity contribution in [2.45, 2.75) is 9.79 Å². The Kier molecular flexibility index (Phi) is 15.2. The number of anilines is 6. The van der Waals surface area contributed by atoms with Crippen molar-refractivity contribution in [1.82, 2.24) is 0 Å². The summed E-state index contributed by atoms with van der Waals surface area (Å²) in [6.45, 7) is 0. The van der Waals surface area contributed by atoms with Gasteiger partial charge in [0, 0.05) is 34.1 Å². The van der Waals surface area contributed by atoms with Crippen LogP contribution in [-0.2, 0) is 0 Å². The monoisotopic (exact) mass is 1220 g/mol. The Hall–Kier alpha value is -10.4. The fraction of sp³-hybridized carbons (Fsp3) is 0.0682. The summed E-state index contributed by atoms with van der Waals surface area (Å²) in [5.41, 5.74) is 20.8. The molecule has 15 aromatic rings. The Morgan fingerprint density at radius 3 is 0.837 bits per heavy atom. The molecule has 0 aliphatic heterocycles. The first kappa shape index (κ1) is 58.0. The van der Waals surface area contributed by atoms with E-state index >= 15 is 0 Å². The quantitative estimate of drug-likeness (QED) is 0.100. The lowest BCUT2D eigenvalue weighted by molar-refractivity contribution is 1.27. The van der Waals surface area contributed by atoms with Gasteiger partial charge in [-0.2, -0.15) is 0 Å². The molecule has 0 bridgehead atoms.